The second-order valence-electron chi connectivity index (χ2n) is 6.65. The first kappa shape index (κ1) is 14.8. The maximum absolute atomic E-state index is 5.89. The van der Waals surface area contributed by atoms with Crippen LogP contribution in [-0.4, -0.2) is 36.8 Å². The molecule has 0 radical (unpaired) electrons. The molecule has 1 aromatic heterocycles. The van der Waals surface area contributed by atoms with Crippen molar-refractivity contribution in [2.24, 2.45) is 5.92 Å². The summed E-state index contributed by atoms with van der Waals surface area (Å²) in [6, 6.07) is 4.89. The largest absolute Gasteiger partial charge is 0.374 e. The van der Waals surface area contributed by atoms with Crippen molar-refractivity contribution in [3.63, 3.8) is 0 Å². The molecule has 1 saturated heterocycles. The first-order valence-corrected chi connectivity index (χ1v) is 8.28. The highest BCUT2D eigenvalue weighted by Gasteiger charge is 2.36. The summed E-state index contributed by atoms with van der Waals surface area (Å²) in [5.41, 5.74) is 1.32. The minimum Gasteiger partial charge on any atom is -0.374 e. The Morgan fingerprint density at radius 3 is 3.19 bits per heavy atom. The van der Waals surface area contributed by atoms with Crippen LogP contribution < -0.4 is 10.2 Å². The molecule has 1 aromatic rings. The van der Waals surface area contributed by atoms with Crippen LogP contribution in [-0.2, 0) is 11.3 Å². The van der Waals surface area contributed by atoms with Crippen molar-refractivity contribution in [3.8, 4) is 0 Å². The molecule has 2 atom stereocenters. The second-order valence-corrected chi connectivity index (χ2v) is 6.65. The molecule has 1 N–H and O–H groups in total. The van der Waals surface area contributed by atoms with Gasteiger partial charge in [-0.15, -0.1) is 0 Å². The summed E-state index contributed by atoms with van der Waals surface area (Å²) in [6.07, 6.45) is 6.09. The maximum Gasteiger partial charge on any atom is 0.129 e. The molecule has 1 aliphatic carbocycles. The van der Waals surface area contributed by atoms with Gasteiger partial charge < -0.3 is 15.0 Å². The predicted molar refractivity (Wildman–Crippen MR) is 85.5 cm³/mol. The van der Waals surface area contributed by atoms with E-state index < -0.39 is 0 Å². The zero-order chi connectivity index (χ0) is 14.7. The summed E-state index contributed by atoms with van der Waals surface area (Å²) in [5.74, 6) is 1.81. The Balaban J connectivity index is 1.67. The van der Waals surface area contributed by atoms with Gasteiger partial charge in [-0.05, 0) is 49.4 Å². The molecular weight excluding hydrogens is 262 g/mol. The number of ether oxygens (including phenoxy) is 1. The lowest BCUT2D eigenvalue weighted by Crippen LogP contribution is -2.49. The number of anilines is 1. The van der Waals surface area contributed by atoms with Crippen LogP contribution in [0.25, 0.3) is 0 Å². The van der Waals surface area contributed by atoms with Gasteiger partial charge in [0.25, 0.3) is 0 Å². The fraction of sp³-hybridized carbons (Fsp3) is 0.706. The summed E-state index contributed by atoms with van der Waals surface area (Å²) >= 11 is 0. The summed E-state index contributed by atoms with van der Waals surface area (Å²) in [7, 11) is 0. The van der Waals surface area contributed by atoms with E-state index in [9.17, 15) is 0 Å². The molecule has 21 heavy (non-hydrogen) atoms. The third kappa shape index (κ3) is 3.55. The van der Waals surface area contributed by atoms with E-state index >= 15 is 0 Å². The monoisotopic (exact) mass is 289 g/mol. The van der Waals surface area contributed by atoms with E-state index in [2.05, 4.69) is 41.2 Å². The van der Waals surface area contributed by atoms with E-state index in [0.717, 1.165) is 32.1 Å². The lowest BCUT2D eigenvalue weighted by atomic mass is 10.1. The number of nitrogens with one attached hydrogen (secondary N) is 1. The highest BCUT2D eigenvalue weighted by atomic mass is 16.5. The predicted octanol–water partition coefficient (Wildman–Crippen LogP) is 2.58. The zero-order valence-electron chi connectivity index (χ0n) is 13.2. The van der Waals surface area contributed by atoms with Crippen LogP contribution >= 0.6 is 0 Å². The van der Waals surface area contributed by atoms with E-state index in [0.29, 0.717) is 18.1 Å². The van der Waals surface area contributed by atoms with Crippen molar-refractivity contribution >= 4 is 5.82 Å². The van der Waals surface area contributed by atoms with Gasteiger partial charge in [0.2, 0.25) is 0 Å². The Kier molecular flexibility index (Phi) is 4.76. The zero-order valence-corrected chi connectivity index (χ0v) is 13.2. The number of pyridine rings is 1. The molecule has 2 unspecified atom stereocenters. The quantitative estimate of drug-likeness (QED) is 0.904. The van der Waals surface area contributed by atoms with Gasteiger partial charge in [-0.1, -0.05) is 13.8 Å². The first-order valence-electron chi connectivity index (χ1n) is 8.28. The number of morpholine rings is 1. The molecule has 0 amide bonds. The van der Waals surface area contributed by atoms with Crippen LogP contribution in [0.5, 0.6) is 0 Å². The van der Waals surface area contributed by atoms with Crippen LogP contribution in [0.15, 0.2) is 18.3 Å². The van der Waals surface area contributed by atoms with Gasteiger partial charge >= 0.3 is 0 Å². The van der Waals surface area contributed by atoms with Crippen molar-refractivity contribution in [2.45, 2.75) is 51.8 Å². The minimum atomic E-state index is 0.420. The van der Waals surface area contributed by atoms with Crippen molar-refractivity contribution in [1.82, 2.24) is 10.3 Å². The van der Waals surface area contributed by atoms with Gasteiger partial charge in [-0.2, -0.15) is 0 Å². The number of nitrogens with zero attached hydrogens (tertiary/aromatic N) is 2. The summed E-state index contributed by atoms with van der Waals surface area (Å²) < 4.78 is 5.89. The number of hydrogen-bond donors (Lipinski definition) is 1. The molecule has 4 nitrogen and oxygen atoms in total. The lowest BCUT2D eigenvalue weighted by Gasteiger charge is -2.38. The van der Waals surface area contributed by atoms with Crippen LogP contribution in [0.3, 0.4) is 0 Å². The fourth-order valence-corrected chi connectivity index (χ4v) is 3.44. The average molecular weight is 289 g/mol. The van der Waals surface area contributed by atoms with Crippen molar-refractivity contribution in [1.29, 1.82) is 0 Å². The van der Waals surface area contributed by atoms with Crippen LogP contribution in [0, 0.1) is 5.92 Å². The normalized spacial score (nSPS) is 25.4. The number of aromatic nitrogens is 1. The van der Waals surface area contributed by atoms with Crippen molar-refractivity contribution in [2.75, 3.05) is 24.6 Å². The standard InChI is InChI=1S/C17H27N3O/c1-13(2)11-18-12-14-6-7-19-17(10-14)20-8-9-21-16-5-3-4-15(16)20/h6-7,10,13,15-16,18H,3-5,8-9,11-12H2,1-2H3. The molecule has 2 heterocycles. The lowest BCUT2D eigenvalue weighted by molar-refractivity contribution is 0.0253. The Morgan fingerprint density at radius 2 is 2.33 bits per heavy atom. The minimum absolute atomic E-state index is 0.420. The Hall–Kier alpha value is -1.13. The molecule has 1 aliphatic heterocycles. The van der Waals surface area contributed by atoms with Crippen LogP contribution in [0.4, 0.5) is 5.82 Å². The van der Waals surface area contributed by atoms with Gasteiger partial charge in [0.1, 0.15) is 5.82 Å². The van der Waals surface area contributed by atoms with Crippen molar-refractivity contribution in [3.05, 3.63) is 23.9 Å². The molecule has 0 bridgehead atoms. The smallest absolute Gasteiger partial charge is 0.129 e. The van der Waals surface area contributed by atoms with E-state index in [1.807, 2.05) is 6.20 Å². The summed E-state index contributed by atoms with van der Waals surface area (Å²) in [6.45, 7) is 8.25. The van der Waals surface area contributed by atoms with Gasteiger partial charge in [0, 0.05) is 19.3 Å². The SMILES string of the molecule is CC(C)CNCc1ccnc(N2CCOC3CCCC32)c1. The molecule has 4 heteroatoms. The van der Waals surface area contributed by atoms with E-state index in [4.69, 9.17) is 4.74 Å². The van der Waals surface area contributed by atoms with Crippen LogP contribution in [0.2, 0.25) is 0 Å². The highest BCUT2D eigenvalue weighted by Crippen LogP contribution is 2.32. The third-order valence-corrected chi connectivity index (χ3v) is 4.47. The van der Waals surface area contributed by atoms with Crippen molar-refractivity contribution < 1.29 is 4.74 Å². The summed E-state index contributed by atoms with van der Waals surface area (Å²) in [4.78, 5) is 7.07. The molecule has 1 saturated carbocycles. The topological polar surface area (TPSA) is 37.4 Å². The van der Waals surface area contributed by atoms with E-state index in [-0.39, 0.29) is 0 Å². The van der Waals surface area contributed by atoms with Crippen LogP contribution in [0.1, 0.15) is 38.7 Å². The average Bonchev–Trinajstić information content (AvgIpc) is 2.95. The van der Waals surface area contributed by atoms with Gasteiger partial charge in [0.05, 0.1) is 18.8 Å². The molecule has 2 aliphatic rings. The Labute approximate surface area is 127 Å². The number of rotatable bonds is 5. The van der Waals surface area contributed by atoms with E-state index in [1.54, 1.807) is 0 Å². The highest BCUT2D eigenvalue weighted by molar-refractivity contribution is 5.43. The molecular formula is C17H27N3O. The Morgan fingerprint density at radius 1 is 1.43 bits per heavy atom. The number of hydrogen-bond acceptors (Lipinski definition) is 4. The number of fused-ring (bicyclic) bond motifs is 1. The molecule has 3 rings (SSSR count). The van der Waals surface area contributed by atoms with Gasteiger partial charge in [-0.25, -0.2) is 4.98 Å². The molecule has 116 valence electrons. The second kappa shape index (κ2) is 6.75. The molecule has 0 aromatic carbocycles. The molecule has 0 spiro atoms. The Bertz CT molecular complexity index is 463. The maximum atomic E-state index is 5.89. The molecule has 2 fully saturated rings. The third-order valence-electron chi connectivity index (χ3n) is 4.47. The summed E-state index contributed by atoms with van der Waals surface area (Å²) in [5, 5.41) is 3.51. The van der Waals surface area contributed by atoms with Gasteiger partial charge in [0.15, 0.2) is 0 Å². The first-order chi connectivity index (χ1) is 10.2. The van der Waals surface area contributed by atoms with Gasteiger partial charge in [-0.3, -0.25) is 0 Å². The fourth-order valence-electron chi connectivity index (χ4n) is 3.44. The van der Waals surface area contributed by atoms with E-state index in [1.165, 1.54) is 24.8 Å².